The molecule has 4 aromatic carbocycles. The molecule has 1 unspecified atom stereocenters. The average Bonchev–Trinajstić information content (AvgIpc) is 3.11. The van der Waals surface area contributed by atoms with Crippen LogP contribution in [-0.2, 0) is 44.7 Å². The summed E-state index contributed by atoms with van der Waals surface area (Å²) in [5.74, 6) is -0.537. The van der Waals surface area contributed by atoms with Gasteiger partial charge in [0.2, 0.25) is 5.91 Å². The summed E-state index contributed by atoms with van der Waals surface area (Å²) in [6.07, 6.45) is 1.37. The number of aromatic amines is 1. The van der Waals surface area contributed by atoms with E-state index in [2.05, 4.69) is 20.6 Å². The largest absolute Gasteiger partial charge is 0.445 e. The lowest BCUT2D eigenvalue weighted by atomic mass is 9.95. The average molecular weight is 697 g/mol. The molecule has 0 aliphatic carbocycles. The number of ether oxygens (including phenoxy) is 1. The molecule has 14 heteroatoms. The second kappa shape index (κ2) is 16.0. The number of carbonyl (C=O) groups excluding carboxylic acids is 3. The Kier molecular flexibility index (Phi) is 11.4. The number of thiol groups is 1. The fourth-order valence-corrected chi connectivity index (χ4v) is 6.14. The summed E-state index contributed by atoms with van der Waals surface area (Å²) in [6.45, 7) is 3.28. The molecule has 5 N–H and O–H groups in total. The number of nitrogens with one attached hydrogen (secondary N) is 3. The van der Waals surface area contributed by atoms with Crippen molar-refractivity contribution in [1.82, 2.24) is 14.9 Å². The lowest BCUT2D eigenvalue weighted by Gasteiger charge is -2.25. The minimum absolute atomic E-state index is 0.00717. The van der Waals surface area contributed by atoms with Gasteiger partial charge in [0.25, 0.3) is 5.56 Å². The molecule has 50 heavy (non-hydrogen) atoms. The second-order valence-corrected chi connectivity index (χ2v) is 12.6. The number of aromatic nitrogens is 2. The van der Waals surface area contributed by atoms with Gasteiger partial charge in [0, 0.05) is 17.9 Å². The topological polar surface area (TPSA) is 194 Å². The van der Waals surface area contributed by atoms with E-state index in [9.17, 15) is 27.6 Å². The highest BCUT2D eigenvalue weighted by atomic mass is 32.2. The van der Waals surface area contributed by atoms with Crippen LogP contribution in [0.15, 0.2) is 94.9 Å². The molecule has 1 atom stereocenters. The zero-order chi connectivity index (χ0) is 35.8. The monoisotopic (exact) mass is 696 g/mol. The highest BCUT2D eigenvalue weighted by Gasteiger charge is 2.23. The summed E-state index contributed by atoms with van der Waals surface area (Å²) >= 11 is 0. The maximum Gasteiger partial charge on any atom is 0.410 e. The van der Waals surface area contributed by atoms with Gasteiger partial charge in [-0.05, 0) is 83.6 Å². The number of fused-ring (bicyclic) bond motifs is 1. The van der Waals surface area contributed by atoms with Gasteiger partial charge in [0.05, 0.1) is 28.7 Å². The van der Waals surface area contributed by atoms with Gasteiger partial charge >= 0.3 is 6.09 Å². The lowest BCUT2D eigenvalue weighted by molar-refractivity contribution is -0.117. The van der Waals surface area contributed by atoms with Gasteiger partial charge < -0.3 is 30.9 Å². The van der Waals surface area contributed by atoms with Crippen LogP contribution in [0.4, 0.5) is 16.2 Å². The Hall–Kier alpha value is -5.86. The van der Waals surface area contributed by atoms with Crippen molar-refractivity contribution in [1.29, 1.82) is 0 Å². The van der Waals surface area contributed by atoms with Crippen LogP contribution in [-0.4, -0.2) is 48.1 Å². The first-order chi connectivity index (χ1) is 24.1. The minimum atomic E-state index is -2.87. The highest BCUT2D eigenvalue weighted by molar-refractivity contribution is 7.72. The van der Waals surface area contributed by atoms with E-state index >= 15 is 0 Å². The maximum absolute atomic E-state index is 13.4. The predicted octanol–water partition coefficient (Wildman–Crippen LogP) is 4.10. The van der Waals surface area contributed by atoms with Crippen molar-refractivity contribution >= 4 is 51.3 Å². The van der Waals surface area contributed by atoms with Crippen LogP contribution in [0.1, 0.15) is 39.4 Å². The van der Waals surface area contributed by atoms with Crippen LogP contribution in [0.25, 0.3) is 10.9 Å². The van der Waals surface area contributed by atoms with E-state index in [1.54, 1.807) is 18.2 Å². The molecule has 2 amide bonds. The van der Waals surface area contributed by atoms with Gasteiger partial charge in [-0.3, -0.25) is 14.5 Å². The van der Waals surface area contributed by atoms with E-state index in [-0.39, 0.29) is 36.7 Å². The number of hydrogen-bond donors (Lipinski definition) is 5. The molecule has 0 aliphatic heterocycles. The molecular formula is C36H36N6O7S. The Morgan fingerprint density at radius 1 is 1.00 bits per heavy atom. The zero-order valence-electron chi connectivity index (χ0n) is 27.3. The van der Waals surface area contributed by atoms with Crippen molar-refractivity contribution in [2.24, 2.45) is 5.73 Å². The summed E-state index contributed by atoms with van der Waals surface area (Å²) < 4.78 is 28.7. The number of benzene rings is 4. The van der Waals surface area contributed by atoms with Gasteiger partial charge in [-0.15, -0.1) is 0 Å². The van der Waals surface area contributed by atoms with E-state index in [0.717, 1.165) is 28.5 Å². The lowest BCUT2D eigenvalue weighted by Crippen LogP contribution is -2.38. The maximum atomic E-state index is 13.4. The van der Waals surface area contributed by atoms with Gasteiger partial charge in [-0.1, -0.05) is 42.5 Å². The molecule has 0 saturated carbocycles. The third-order valence-electron chi connectivity index (χ3n) is 8.10. The number of aldehydes is 1. The van der Waals surface area contributed by atoms with Crippen molar-refractivity contribution in [2.45, 2.75) is 44.5 Å². The zero-order valence-corrected chi connectivity index (χ0v) is 28.2. The predicted molar refractivity (Wildman–Crippen MR) is 189 cm³/mol. The summed E-state index contributed by atoms with van der Waals surface area (Å²) in [5.41, 5.74) is 10.9. The minimum Gasteiger partial charge on any atom is -0.445 e. The quantitative estimate of drug-likeness (QED) is 0.0884. The standard InChI is InChI=1S/C36H36N6O7S/c1-22-12-25(32(19-43)40-28-8-10-31-29(15-28)35(45)39-21-38-31)13-23(2)30(22)17-42(36(46)49-20-24-6-4-3-5-7-24)18-34(44)41-27-9-11-33(50(47)48)26(14-27)16-37/h3-15,19,21,32,40,50H,16-18,20,37H2,1-2H3,(H,41,44)(H,38,39,45). The molecule has 0 saturated heterocycles. The first kappa shape index (κ1) is 35.4. The fraction of sp³-hybridized carbons (Fsp3) is 0.194. The summed E-state index contributed by atoms with van der Waals surface area (Å²) in [4.78, 5) is 59.3. The normalized spacial score (nSPS) is 11.6. The Bertz CT molecular complexity index is 2150. The van der Waals surface area contributed by atoms with Gasteiger partial charge in [0.15, 0.2) is 10.7 Å². The molecule has 5 aromatic rings. The van der Waals surface area contributed by atoms with E-state index in [1.165, 1.54) is 29.4 Å². The van der Waals surface area contributed by atoms with Crippen LogP contribution in [0, 0.1) is 13.8 Å². The molecule has 13 nitrogen and oxygen atoms in total. The molecule has 0 radical (unpaired) electrons. The molecule has 0 spiro atoms. The first-order valence-corrected chi connectivity index (χ1v) is 16.8. The molecular weight excluding hydrogens is 660 g/mol. The van der Waals surface area contributed by atoms with Crippen molar-refractivity contribution in [3.05, 3.63) is 129 Å². The first-order valence-electron chi connectivity index (χ1n) is 15.6. The smallest absolute Gasteiger partial charge is 0.410 e. The number of aryl methyl sites for hydroxylation is 2. The van der Waals surface area contributed by atoms with E-state index in [4.69, 9.17) is 10.5 Å². The summed E-state index contributed by atoms with van der Waals surface area (Å²) in [5, 5.41) is 6.26. The summed E-state index contributed by atoms with van der Waals surface area (Å²) in [7, 11) is -2.87. The number of amides is 2. The van der Waals surface area contributed by atoms with E-state index < -0.39 is 28.7 Å². The molecule has 0 bridgehead atoms. The Morgan fingerprint density at radius 2 is 1.72 bits per heavy atom. The van der Waals surface area contributed by atoms with Gasteiger partial charge in [0.1, 0.15) is 25.5 Å². The van der Waals surface area contributed by atoms with Crippen molar-refractivity contribution in [3.63, 3.8) is 0 Å². The number of nitrogens with zero attached hydrogens (tertiary/aromatic N) is 2. The Morgan fingerprint density at radius 3 is 2.40 bits per heavy atom. The van der Waals surface area contributed by atoms with Crippen molar-refractivity contribution in [3.8, 4) is 0 Å². The molecule has 5 rings (SSSR count). The molecule has 0 fully saturated rings. The number of carbonyl (C=O) groups is 3. The fourth-order valence-electron chi connectivity index (χ4n) is 5.55. The Labute approximate surface area is 289 Å². The summed E-state index contributed by atoms with van der Waals surface area (Å²) in [6, 6.07) is 21.4. The van der Waals surface area contributed by atoms with Crippen LogP contribution >= 0.6 is 0 Å². The number of rotatable bonds is 13. The van der Waals surface area contributed by atoms with Crippen LogP contribution < -0.4 is 21.9 Å². The number of nitrogens with two attached hydrogens (primary N) is 1. The molecule has 1 heterocycles. The highest BCUT2D eigenvalue weighted by Crippen LogP contribution is 2.26. The molecule has 0 aliphatic rings. The van der Waals surface area contributed by atoms with E-state index in [0.29, 0.717) is 33.4 Å². The number of hydrogen-bond acceptors (Lipinski definition) is 10. The van der Waals surface area contributed by atoms with Crippen LogP contribution in [0.5, 0.6) is 0 Å². The third-order valence-corrected chi connectivity index (χ3v) is 8.93. The van der Waals surface area contributed by atoms with Crippen LogP contribution in [0.2, 0.25) is 0 Å². The van der Waals surface area contributed by atoms with E-state index in [1.807, 2.05) is 56.3 Å². The third kappa shape index (κ3) is 8.59. The van der Waals surface area contributed by atoms with Crippen molar-refractivity contribution in [2.75, 3.05) is 17.2 Å². The molecule has 258 valence electrons. The van der Waals surface area contributed by atoms with Gasteiger partial charge in [-0.25, -0.2) is 18.2 Å². The second-order valence-electron chi connectivity index (χ2n) is 11.6. The van der Waals surface area contributed by atoms with Crippen LogP contribution in [0.3, 0.4) is 0 Å². The SMILES string of the molecule is Cc1cc(C(C=O)Nc2ccc3nc[nH]c(=O)c3c2)cc(C)c1CN(CC(=O)Nc1ccc([SH](=O)=O)c(CN)c1)C(=O)OCc1ccccc1. The van der Waals surface area contributed by atoms with Gasteiger partial charge in [-0.2, -0.15) is 0 Å². The molecule has 1 aromatic heterocycles. The number of H-pyrrole nitrogens is 1. The Balaban J connectivity index is 1.37. The number of anilines is 2. The van der Waals surface area contributed by atoms with Crippen molar-refractivity contribution < 1.29 is 27.5 Å².